The van der Waals surface area contributed by atoms with Crippen molar-refractivity contribution >= 4 is 0 Å². The third-order valence-corrected chi connectivity index (χ3v) is 3.62. The molecule has 0 spiro atoms. The lowest BCUT2D eigenvalue weighted by Crippen LogP contribution is -2.13. The number of aromatic nitrogens is 2. The molecule has 15 heavy (non-hydrogen) atoms. The second-order valence-corrected chi connectivity index (χ2v) is 4.59. The summed E-state index contributed by atoms with van der Waals surface area (Å²) in [5.74, 6) is 1.79. The molecule has 1 heterocycles. The Bertz CT molecular complexity index is 335. The monoisotopic (exact) mass is 207 g/mol. The molecule has 0 unspecified atom stereocenters. The Kier molecular flexibility index (Phi) is 3.10. The predicted octanol–water partition coefficient (Wildman–Crippen LogP) is 2.23. The minimum atomic E-state index is 0.577. The van der Waals surface area contributed by atoms with Crippen LogP contribution in [0.25, 0.3) is 0 Å². The van der Waals surface area contributed by atoms with Crippen LogP contribution >= 0.6 is 0 Å². The summed E-state index contributed by atoms with van der Waals surface area (Å²) in [4.78, 5) is 4.54. The molecule has 1 fully saturated rings. The van der Waals surface area contributed by atoms with Gasteiger partial charge in [0.2, 0.25) is 0 Å². The third-order valence-electron chi connectivity index (χ3n) is 3.62. The van der Waals surface area contributed by atoms with Gasteiger partial charge < -0.3 is 10.3 Å². The molecule has 3 nitrogen and oxygen atoms in total. The van der Waals surface area contributed by atoms with E-state index < -0.39 is 0 Å². The van der Waals surface area contributed by atoms with Crippen molar-refractivity contribution in [2.24, 2.45) is 12.8 Å². The van der Waals surface area contributed by atoms with Gasteiger partial charge in [0, 0.05) is 25.2 Å². The average molecular weight is 207 g/mol. The number of hydrogen-bond donors (Lipinski definition) is 1. The fourth-order valence-corrected chi connectivity index (χ4v) is 2.73. The molecule has 1 aromatic heterocycles. The highest BCUT2D eigenvalue weighted by Gasteiger charge is 2.22. The van der Waals surface area contributed by atoms with E-state index in [4.69, 9.17) is 5.73 Å². The lowest BCUT2D eigenvalue weighted by Gasteiger charge is -2.23. The largest absolute Gasteiger partial charge is 0.335 e. The summed E-state index contributed by atoms with van der Waals surface area (Å²) < 4.78 is 2.23. The first-order valence-corrected chi connectivity index (χ1v) is 5.96. The Balaban J connectivity index is 2.31. The minimum absolute atomic E-state index is 0.577. The van der Waals surface area contributed by atoms with Gasteiger partial charge in [-0.3, -0.25) is 0 Å². The van der Waals surface area contributed by atoms with Crippen molar-refractivity contribution in [1.82, 2.24) is 9.55 Å². The van der Waals surface area contributed by atoms with Gasteiger partial charge in [-0.2, -0.15) is 0 Å². The number of imidazole rings is 1. The molecule has 2 N–H and O–H groups in total. The Hall–Kier alpha value is -0.830. The van der Waals surface area contributed by atoms with Crippen molar-refractivity contribution in [3.05, 3.63) is 17.2 Å². The van der Waals surface area contributed by atoms with Crippen LogP contribution in [0.1, 0.15) is 55.2 Å². The van der Waals surface area contributed by atoms with Gasteiger partial charge >= 0.3 is 0 Å². The molecular formula is C12H21N3. The SMILES string of the molecule is Cc1nc(CN)c(C2CCCCC2)n1C. The molecule has 84 valence electrons. The van der Waals surface area contributed by atoms with Crippen LogP contribution in [0.15, 0.2) is 0 Å². The summed E-state index contributed by atoms with van der Waals surface area (Å²) in [5.41, 5.74) is 8.27. The van der Waals surface area contributed by atoms with Crippen LogP contribution in [-0.4, -0.2) is 9.55 Å². The summed E-state index contributed by atoms with van der Waals surface area (Å²) in [6, 6.07) is 0. The van der Waals surface area contributed by atoms with E-state index in [9.17, 15) is 0 Å². The number of nitrogens with two attached hydrogens (primary N) is 1. The Morgan fingerprint density at radius 1 is 1.33 bits per heavy atom. The second-order valence-electron chi connectivity index (χ2n) is 4.59. The second kappa shape index (κ2) is 4.35. The number of nitrogens with zero attached hydrogens (tertiary/aromatic N) is 2. The molecule has 0 amide bonds. The molecule has 1 aromatic rings. The summed E-state index contributed by atoms with van der Waals surface area (Å²) in [6.45, 7) is 2.64. The first kappa shape index (κ1) is 10.7. The fraction of sp³-hybridized carbons (Fsp3) is 0.750. The number of aryl methyl sites for hydroxylation is 1. The maximum Gasteiger partial charge on any atom is 0.105 e. The molecule has 0 bridgehead atoms. The molecule has 3 heteroatoms. The highest BCUT2D eigenvalue weighted by Crippen LogP contribution is 2.34. The van der Waals surface area contributed by atoms with E-state index in [1.165, 1.54) is 37.8 Å². The summed E-state index contributed by atoms with van der Waals surface area (Å²) >= 11 is 0. The maximum atomic E-state index is 5.76. The summed E-state index contributed by atoms with van der Waals surface area (Å²) in [5, 5.41) is 0. The van der Waals surface area contributed by atoms with Gasteiger partial charge in [0.1, 0.15) is 5.82 Å². The normalized spacial score (nSPS) is 18.3. The van der Waals surface area contributed by atoms with Crippen molar-refractivity contribution in [1.29, 1.82) is 0 Å². The molecule has 2 rings (SSSR count). The van der Waals surface area contributed by atoms with Crippen LogP contribution < -0.4 is 5.73 Å². The van der Waals surface area contributed by atoms with E-state index in [-0.39, 0.29) is 0 Å². The Labute approximate surface area is 91.7 Å². The van der Waals surface area contributed by atoms with Crippen molar-refractivity contribution in [2.45, 2.75) is 51.5 Å². The van der Waals surface area contributed by atoms with Crippen LogP contribution in [-0.2, 0) is 13.6 Å². The zero-order chi connectivity index (χ0) is 10.8. The van der Waals surface area contributed by atoms with Gasteiger partial charge in [0.15, 0.2) is 0 Å². The molecule has 0 aromatic carbocycles. The van der Waals surface area contributed by atoms with E-state index >= 15 is 0 Å². The molecule has 0 radical (unpaired) electrons. The fourth-order valence-electron chi connectivity index (χ4n) is 2.73. The van der Waals surface area contributed by atoms with E-state index in [1.54, 1.807) is 0 Å². The quantitative estimate of drug-likeness (QED) is 0.808. The standard InChI is InChI=1S/C12H21N3/c1-9-14-11(8-13)12(15(9)2)10-6-4-3-5-7-10/h10H,3-8,13H2,1-2H3. The highest BCUT2D eigenvalue weighted by atomic mass is 15.1. The van der Waals surface area contributed by atoms with Gasteiger partial charge in [0.25, 0.3) is 0 Å². The van der Waals surface area contributed by atoms with Crippen LogP contribution in [0.5, 0.6) is 0 Å². The van der Waals surface area contributed by atoms with Crippen LogP contribution in [0, 0.1) is 6.92 Å². The molecule has 1 aliphatic carbocycles. The number of rotatable bonds is 2. The van der Waals surface area contributed by atoms with Crippen molar-refractivity contribution in [3.63, 3.8) is 0 Å². The van der Waals surface area contributed by atoms with Crippen molar-refractivity contribution in [3.8, 4) is 0 Å². The van der Waals surface area contributed by atoms with Crippen molar-refractivity contribution in [2.75, 3.05) is 0 Å². The minimum Gasteiger partial charge on any atom is -0.335 e. The van der Waals surface area contributed by atoms with Gasteiger partial charge in [0.05, 0.1) is 5.69 Å². The van der Waals surface area contributed by atoms with Crippen LogP contribution in [0.4, 0.5) is 0 Å². The maximum absolute atomic E-state index is 5.76. The van der Waals surface area contributed by atoms with Gasteiger partial charge in [-0.15, -0.1) is 0 Å². The molecule has 0 atom stereocenters. The van der Waals surface area contributed by atoms with Crippen LogP contribution in [0.3, 0.4) is 0 Å². The summed E-state index contributed by atoms with van der Waals surface area (Å²) in [7, 11) is 2.12. The zero-order valence-corrected chi connectivity index (χ0v) is 9.79. The topological polar surface area (TPSA) is 43.8 Å². The molecule has 1 saturated carbocycles. The Morgan fingerprint density at radius 2 is 2.00 bits per heavy atom. The third kappa shape index (κ3) is 1.93. The zero-order valence-electron chi connectivity index (χ0n) is 9.79. The lowest BCUT2D eigenvalue weighted by molar-refractivity contribution is 0.426. The Morgan fingerprint density at radius 3 is 2.60 bits per heavy atom. The highest BCUT2D eigenvalue weighted by molar-refractivity contribution is 5.21. The van der Waals surface area contributed by atoms with Crippen molar-refractivity contribution < 1.29 is 0 Å². The average Bonchev–Trinajstić information content (AvgIpc) is 2.56. The summed E-state index contributed by atoms with van der Waals surface area (Å²) in [6.07, 6.45) is 6.74. The van der Waals surface area contributed by atoms with Crippen LogP contribution in [0.2, 0.25) is 0 Å². The molecule has 0 saturated heterocycles. The molecule has 1 aliphatic rings. The van der Waals surface area contributed by atoms with E-state index in [1.807, 2.05) is 0 Å². The van der Waals surface area contributed by atoms with E-state index in [0.29, 0.717) is 12.5 Å². The molecular weight excluding hydrogens is 186 g/mol. The number of hydrogen-bond acceptors (Lipinski definition) is 2. The van der Waals surface area contributed by atoms with Gasteiger partial charge in [-0.25, -0.2) is 4.98 Å². The first-order valence-electron chi connectivity index (χ1n) is 5.96. The van der Waals surface area contributed by atoms with E-state index in [0.717, 1.165) is 11.5 Å². The van der Waals surface area contributed by atoms with E-state index in [2.05, 4.69) is 23.5 Å². The smallest absolute Gasteiger partial charge is 0.105 e. The first-order chi connectivity index (χ1) is 7.24. The predicted molar refractivity (Wildman–Crippen MR) is 61.7 cm³/mol. The molecule has 0 aliphatic heterocycles. The van der Waals surface area contributed by atoms with Gasteiger partial charge in [-0.05, 0) is 19.8 Å². The lowest BCUT2D eigenvalue weighted by atomic mass is 9.86. The van der Waals surface area contributed by atoms with Gasteiger partial charge in [-0.1, -0.05) is 19.3 Å².